The predicted molar refractivity (Wildman–Crippen MR) is 121 cm³/mol. The molecule has 0 aromatic heterocycles. The zero-order valence-corrected chi connectivity index (χ0v) is 20.2. The van der Waals surface area contributed by atoms with E-state index in [0.717, 1.165) is 12.0 Å². The molecule has 0 heterocycles. The van der Waals surface area contributed by atoms with Crippen molar-refractivity contribution in [3.8, 4) is 11.8 Å². The van der Waals surface area contributed by atoms with Crippen LogP contribution in [0.4, 0.5) is 4.79 Å². The monoisotopic (exact) mass is 476 g/mol. The minimum atomic E-state index is -1.47. The van der Waals surface area contributed by atoms with E-state index in [-0.39, 0.29) is 11.3 Å². The highest BCUT2D eigenvalue weighted by Crippen LogP contribution is 2.30. The van der Waals surface area contributed by atoms with E-state index in [9.17, 15) is 29.5 Å². The number of rotatable bonds is 9. The summed E-state index contributed by atoms with van der Waals surface area (Å²) in [6.45, 7) is 7.33. The maximum Gasteiger partial charge on any atom is 0.408 e. The van der Waals surface area contributed by atoms with Gasteiger partial charge in [-0.1, -0.05) is 32.0 Å². The average molecular weight is 477 g/mol. The summed E-state index contributed by atoms with van der Waals surface area (Å²) >= 11 is 0. The molecule has 0 bridgehead atoms. The molecule has 1 aromatic rings. The van der Waals surface area contributed by atoms with Crippen LogP contribution >= 0.6 is 0 Å². The molecule has 0 radical (unpaired) electrons. The lowest BCUT2D eigenvalue weighted by molar-refractivity contribution is -0.144. The zero-order valence-electron chi connectivity index (χ0n) is 20.2. The number of hydrogen-bond donors (Lipinski definition) is 3. The first-order chi connectivity index (χ1) is 15.8. The van der Waals surface area contributed by atoms with E-state index in [1.165, 1.54) is 18.2 Å². The van der Waals surface area contributed by atoms with Gasteiger partial charge in [0, 0.05) is 5.56 Å². The highest BCUT2D eigenvalue weighted by atomic mass is 16.6. The molecule has 0 fully saturated rings. The Morgan fingerprint density at radius 2 is 1.79 bits per heavy atom. The summed E-state index contributed by atoms with van der Waals surface area (Å²) in [5.41, 5.74) is -0.777. The van der Waals surface area contributed by atoms with Gasteiger partial charge in [-0.3, -0.25) is 14.4 Å². The third-order valence-corrected chi connectivity index (χ3v) is 4.56. The van der Waals surface area contributed by atoms with Crippen molar-refractivity contribution in [1.29, 1.82) is 5.26 Å². The standard InChI is InChI=1S/C23H32N4O7/c1-14(2)18(26-22(32)34-23(3,4)5)21(31)27(12-11-24)19(15-9-7-8-10-16(15)28)20(30)25-13-17(29)33-6/h7-10,14,18-19,28H,12-13H2,1-6H3,(H,25,30)(H,26,32). The van der Waals surface area contributed by atoms with Gasteiger partial charge in [0.2, 0.25) is 11.8 Å². The number of para-hydroxylation sites is 1. The van der Waals surface area contributed by atoms with Crippen LogP contribution in [0.25, 0.3) is 0 Å². The summed E-state index contributed by atoms with van der Waals surface area (Å²) in [6, 6.07) is 5.04. The van der Waals surface area contributed by atoms with Gasteiger partial charge in [0.1, 0.15) is 36.5 Å². The predicted octanol–water partition coefficient (Wildman–Crippen LogP) is 1.62. The number of benzene rings is 1. The van der Waals surface area contributed by atoms with E-state index < -0.39 is 60.6 Å². The fourth-order valence-corrected chi connectivity index (χ4v) is 3.00. The summed E-state index contributed by atoms with van der Waals surface area (Å²) in [6.07, 6.45) is -0.842. The van der Waals surface area contributed by atoms with E-state index in [4.69, 9.17) is 4.74 Å². The second-order valence-electron chi connectivity index (χ2n) is 8.75. The fraction of sp³-hybridized carbons (Fsp3) is 0.522. The quantitative estimate of drug-likeness (QED) is 0.358. The van der Waals surface area contributed by atoms with E-state index in [1.807, 2.05) is 6.07 Å². The molecule has 0 spiro atoms. The molecule has 34 heavy (non-hydrogen) atoms. The van der Waals surface area contributed by atoms with Crippen LogP contribution in [0.1, 0.15) is 46.2 Å². The maximum atomic E-state index is 13.6. The Kier molecular flexibility index (Phi) is 10.3. The number of alkyl carbamates (subject to hydrolysis) is 1. The van der Waals surface area contributed by atoms with Gasteiger partial charge in [-0.05, 0) is 32.8 Å². The summed E-state index contributed by atoms with van der Waals surface area (Å²) in [7, 11) is 1.15. The number of phenols is 1. The van der Waals surface area contributed by atoms with Gasteiger partial charge in [-0.2, -0.15) is 5.26 Å². The molecule has 0 aliphatic heterocycles. The van der Waals surface area contributed by atoms with Gasteiger partial charge >= 0.3 is 12.1 Å². The first-order valence-electron chi connectivity index (χ1n) is 10.6. The average Bonchev–Trinajstić information content (AvgIpc) is 2.74. The lowest BCUT2D eigenvalue weighted by atomic mass is 9.98. The number of carbonyl (C=O) groups is 4. The minimum absolute atomic E-state index is 0.0354. The molecular formula is C23H32N4O7. The number of nitrogens with zero attached hydrogens (tertiary/aromatic N) is 2. The number of methoxy groups -OCH3 is 1. The van der Waals surface area contributed by atoms with Gasteiger partial charge in [0.25, 0.3) is 0 Å². The summed E-state index contributed by atoms with van der Waals surface area (Å²) in [5.74, 6) is -3.03. The number of hydrogen-bond acceptors (Lipinski definition) is 8. The van der Waals surface area contributed by atoms with E-state index in [2.05, 4.69) is 15.4 Å². The highest BCUT2D eigenvalue weighted by molar-refractivity contribution is 5.93. The molecular weight excluding hydrogens is 444 g/mol. The molecule has 11 heteroatoms. The van der Waals surface area contributed by atoms with Crippen LogP contribution in [-0.2, 0) is 23.9 Å². The Hall–Kier alpha value is -3.81. The first-order valence-corrected chi connectivity index (χ1v) is 10.6. The molecule has 3 amide bonds. The SMILES string of the molecule is COC(=O)CNC(=O)C(c1ccccc1O)N(CC#N)C(=O)C(NC(=O)OC(C)(C)C)C(C)C. The van der Waals surface area contributed by atoms with Crippen LogP contribution in [0, 0.1) is 17.2 Å². The normalized spacial score (nSPS) is 12.6. The van der Waals surface area contributed by atoms with Gasteiger partial charge in [-0.25, -0.2) is 4.79 Å². The number of carbonyl (C=O) groups excluding carboxylic acids is 4. The second kappa shape index (κ2) is 12.4. The van der Waals surface area contributed by atoms with Crippen molar-refractivity contribution < 1.29 is 33.8 Å². The molecule has 2 unspecified atom stereocenters. The van der Waals surface area contributed by atoms with Crippen LogP contribution in [0.3, 0.4) is 0 Å². The molecule has 186 valence electrons. The number of nitriles is 1. The van der Waals surface area contributed by atoms with Crippen molar-refractivity contribution >= 4 is 23.9 Å². The zero-order chi connectivity index (χ0) is 26.1. The Bertz CT molecular complexity index is 934. The van der Waals surface area contributed by atoms with E-state index >= 15 is 0 Å². The number of amides is 3. The third kappa shape index (κ3) is 8.27. The number of phenolic OH excluding ortho intramolecular Hbond substituents is 1. The van der Waals surface area contributed by atoms with Crippen molar-refractivity contribution in [3.63, 3.8) is 0 Å². The molecule has 11 nitrogen and oxygen atoms in total. The largest absolute Gasteiger partial charge is 0.508 e. The topological polar surface area (TPSA) is 158 Å². The van der Waals surface area contributed by atoms with Gasteiger partial charge < -0.3 is 30.1 Å². The maximum absolute atomic E-state index is 13.6. The van der Waals surface area contributed by atoms with Gasteiger partial charge in [0.05, 0.1) is 13.2 Å². The van der Waals surface area contributed by atoms with E-state index in [1.54, 1.807) is 40.7 Å². The summed E-state index contributed by atoms with van der Waals surface area (Å²) < 4.78 is 9.76. The van der Waals surface area contributed by atoms with Crippen molar-refractivity contribution in [3.05, 3.63) is 29.8 Å². The molecule has 1 aromatic carbocycles. The summed E-state index contributed by atoms with van der Waals surface area (Å²) in [4.78, 5) is 51.5. The number of ether oxygens (including phenoxy) is 2. The van der Waals surface area contributed by atoms with Gasteiger partial charge in [-0.15, -0.1) is 0 Å². The minimum Gasteiger partial charge on any atom is -0.508 e. The lowest BCUT2D eigenvalue weighted by Gasteiger charge is -2.34. The number of aromatic hydroxyl groups is 1. The van der Waals surface area contributed by atoms with Crippen LogP contribution in [0.5, 0.6) is 5.75 Å². The molecule has 3 N–H and O–H groups in total. The molecule has 0 saturated heterocycles. The number of nitrogens with one attached hydrogen (secondary N) is 2. The van der Waals surface area contributed by atoms with E-state index in [0.29, 0.717) is 0 Å². The first kappa shape index (κ1) is 28.2. The Balaban J connectivity index is 3.42. The Labute approximate surface area is 199 Å². The van der Waals surface area contributed by atoms with Crippen molar-refractivity contribution in [2.75, 3.05) is 20.2 Å². The Morgan fingerprint density at radius 1 is 1.18 bits per heavy atom. The van der Waals surface area contributed by atoms with Crippen LogP contribution < -0.4 is 10.6 Å². The molecule has 0 aliphatic carbocycles. The van der Waals surface area contributed by atoms with Crippen LogP contribution in [0.15, 0.2) is 24.3 Å². The summed E-state index contributed by atoms with van der Waals surface area (Å²) in [5, 5.41) is 24.7. The molecule has 2 atom stereocenters. The number of esters is 1. The van der Waals surface area contributed by atoms with Crippen molar-refractivity contribution in [1.82, 2.24) is 15.5 Å². The molecule has 0 saturated carbocycles. The Morgan fingerprint density at radius 3 is 2.29 bits per heavy atom. The molecule has 1 rings (SSSR count). The smallest absolute Gasteiger partial charge is 0.408 e. The second-order valence-corrected chi connectivity index (χ2v) is 8.75. The lowest BCUT2D eigenvalue weighted by Crippen LogP contribution is -2.55. The van der Waals surface area contributed by atoms with Crippen molar-refractivity contribution in [2.24, 2.45) is 5.92 Å². The van der Waals surface area contributed by atoms with Crippen LogP contribution in [-0.4, -0.2) is 65.7 Å². The van der Waals surface area contributed by atoms with Crippen molar-refractivity contribution in [2.45, 2.75) is 52.3 Å². The third-order valence-electron chi connectivity index (χ3n) is 4.56. The van der Waals surface area contributed by atoms with Gasteiger partial charge in [0.15, 0.2) is 0 Å². The highest BCUT2D eigenvalue weighted by Gasteiger charge is 2.38. The molecule has 0 aliphatic rings. The van der Waals surface area contributed by atoms with Crippen LogP contribution in [0.2, 0.25) is 0 Å². The fourth-order valence-electron chi connectivity index (χ4n) is 3.00.